The van der Waals surface area contributed by atoms with Gasteiger partial charge in [-0.3, -0.25) is 4.98 Å². The summed E-state index contributed by atoms with van der Waals surface area (Å²) in [7, 11) is 0. The molecule has 0 N–H and O–H groups in total. The maximum Gasteiger partial charge on any atom is 0.0722 e. The Morgan fingerprint density at radius 2 is 1.75 bits per heavy atom. The SMILES string of the molecule is Cl.c1ccc2c(N3CCCC3)ccnc2c1. The third-order valence-electron chi connectivity index (χ3n) is 3.07. The fourth-order valence-electron chi connectivity index (χ4n) is 2.31. The molecule has 1 fully saturated rings. The van der Waals surface area contributed by atoms with E-state index in [1.807, 2.05) is 12.3 Å². The van der Waals surface area contributed by atoms with Gasteiger partial charge in [0.05, 0.1) is 5.52 Å². The molecule has 0 spiro atoms. The standard InChI is InChI=1S/C13H14N2.ClH/c1-2-6-12-11(5-1)13(7-8-14-12)15-9-3-4-10-15;/h1-2,5-8H,3-4,9-10H2;1H. The van der Waals surface area contributed by atoms with Crippen LogP contribution in [0, 0.1) is 0 Å². The maximum absolute atomic E-state index is 4.39. The Labute approximate surface area is 102 Å². The summed E-state index contributed by atoms with van der Waals surface area (Å²) in [6.07, 6.45) is 4.54. The van der Waals surface area contributed by atoms with Crippen LogP contribution in [0.4, 0.5) is 5.69 Å². The first-order valence-corrected chi connectivity index (χ1v) is 5.54. The molecule has 2 nitrogen and oxygen atoms in total. The molecule has 2 heterocycles. The van der Waals surface area contributed by atoms with Gasteiger partial charge in [0.15, 0.2) is 0 Å². The molecule has 3 rings (SSSR count). The second-order valence-corrected chi connectivity index (χ2v) is 4.04. The Hall–Kier alpha value is -1.28. The minimum Gasteiger partial charge on any atom is -0.371 e. The van der Waals surface area contributed by atoms with Crippen molar-refractivity contribution in [3.8, 4) is 0 Å². The second kappa shape index (κ2) is 4.71. The van der Waals surface area contributed by atoms with Crippen LogP contribution >= 0.6 is 12.4 Å². The van der Waals surface area contributed by atoms with Gasteiger partial charge >= 0.3 is 0 Å². The van der Waals surface area contributed by atoms with Crippen molar-refractivity contribution in [2.75, 3.05) is 18.0 Å². The molecule has 0 unspecified atom stereocenters. The number of rotatable bonds is 1. The lowest BCUT2D eigenvalue weighted by molar-refractivity contribution is 0.949. The number of benzene rings is 1. The Kier molecular flexibility index (Phi) is 3.30. The van der Waals surface area contributed by atoms with Crippen LogP contribution in [-0.2, 0) is 0 Å². The average Bonchev–Trinajstić information content (AvgIpc) is 2.82. The molecule has 1 saturated heterocycles. The highest BCUT2D eigenvalue weighted by atomic mass is 35.5. The van der Waals surface area contributed by atoms with Gasteiger partial charge in [-0.1, -0.05) is 18.2 Å². The van der Waals surface area contributed by atoms with Gasteiger partial charge in [-0.15, -0.1) is 12.4 Å². The van der Waals surface area contributed by atoms with Gasteiger partial charge in [-0.05, 0) is 25.0 Å². The van der Waals surface area contributed by atoms with Crippen molar-refractivity contribution in [3.63, 3.8) is 0 Å². The van der Waals surface area contributed by atoms with Crippen molar-refractivity contribution in [1.29, 1.82) is 0 Å². The summed E-state index contributed by atoms with van der Waals surface area (Å²) < 4.78 is 0. The Morgan fingerprint density at radius 1 is 1.00 bits per heavy atom. The van der Waals surface area contributed by atoms with Crippen molar-refractivity contribution in [2.24, 2.45) is 0 Å². The van der Waals surface area contributed by atoms with Crippen molar-refractivity contribution in [2.45, 2.75) is 12.8 Å². The molecular formula is C13H15ClN2. The van der Waals surface area contributed by atoms with E-state index >= 15 is 0 Å². The normalized spacial score (nSPS) is 15.1. The van der Waals surface area contributed by atoms with Gasteiger partial charge < -0.3 is 4.90 Å². The topological polar surface area (TPSA) is 16.1 Å². The molecule has 1 aromatic heterocycles. The zero-order valence-corrected chi connectivity index (χ0v) is 9.91. The van der Waals surface area contributed by atoms with E-state index in [4.69, 9.17) is 0 Å². The van der Waals surface area contributed by atoms with Crippen LogP contribution in [0.3, 0.4) is 0 Å². The van der Waals surface area contributed by atoms with E-state index in [2.05, 4.69) is 34.1 Å². The fraction of sp³-hybridized carbons (Fsp3) is 0.308. The summed E-state index contributed by atoms with van der Waals surface area (Å²) in [6.45, 7) is 2.38. The number of anilines is 1. The average molecular weight is 235 g/mol. The number of para-hydroxylation sites is 1. The Morgan fingerprint density at radius 3 is 2.56 bits per heavy atom. The quantitative estimate of drug-likeness (QED) is 0.753. The van der Waals surface area contributed by atoms with Gasteiger partial charge in [-0.25, -0.2) is 0 Å². The summed E-state index contributed by atoms with van der Waals surface area (Å²) in [5, 5.41) is 1.28. The van der Waals surface area contributed by atoms with Crippen molar-refractivity contribution in [3.05, 3.63) is 36.5 Å². The summed E-state index contributed by atoms with van der Waals surface area (Å²) in [6, 6.07) is 10.5. The van der Waals surface area contributed by atoms with Crippen molar-refractivity contribution in [1.82, 2.24) is 4.98 Å². The van der Waals surface area contributed by atoms with E-state index in [0.717, 1.165) is 5.52 Å². The number of hydrogen-bond acceptors (Lipinski definition) is 2. The first-order valence-electron chi connectivity index (χ1n) is 5.54. The number of nitrogens with zero attached hydrogens (tertiary/aromatic N) is 2. The van der Waals surface area contributed by atoms with Crippen molar-refractivity contribution >= 4 is 29.0 Å². The lowest BCUT2D eigenvalue weighted by Gasteiger charge is -2.19. The van der Waals surface area contributed by atoms with Crippen LogP contribution < -0.4 is 4.90 Å². The molecule has 1 aliphatic heterocycles. The number of hydrogen-bond donors (Lipinski definition) is 0. The van der Waals surface area contributed by atoms with Crippen LogP contribution in [0.1, 0.15) is 12.8 Å². The largest absolute Gasteiger partial charge is 0.371 e. The first-order chi connectivity index (χ1) is 7.45. The zero-order valence-electron chi connectivity index (χ0n) is 9.10. The monoisotopic (exact) mass is 234 g/mol. The Bertz CT molecular complexity index is 473. The van der Waals surface area contributed by atoms with Crippen LogP contribution in [-0.4, -0.2) is 18.1 Å². The van der Waals surface area contributed by atoms with E-state index < -0.39 is 0 Å². The molecular weight excluding hydrogens is 220 g/mol. The minimum atomic E-state index is 0. The highest BCUT2D eigenvalue weighted by Gasteiger charge is 2.14. The van der Waals surface area contributed by atoms with Gasteiger partial charge in [0.2, 0.25) is 0 Å². The smallest absolute Gasteiger partial charge is 0.0722 e. The molecule has 16 heavy (non-hydrogen) atoms. The molecule has 1 aromatic carbocycles. The lowest BCUT2D eigenvalue weighted by Crippen LogP contribution is -2.17. The summed E-state index contributed by atoms with van der Waals surface area (Å²) in [5.41, 5.74) is 2.44. The number of aromatic nitrogens is 1. The van der Waals surface area contributed by atoms with E-state index in [9.17, 15) is 0 Å². The van der Waals surface area contributed by atoms with E-state index in [-0.39, 0.29) is 12.4 Å². The van der Waals surface area contributed by atoms with Crippen LogP contribution in [0.2, 0.25) is 0 Å². The van der Waals surface area contributed by atoms with E-state index in [1.54, 1.807) is 0 Å². The molecule has 0 saturated carbocycles. The molecule has 3 heteroatoms. The molecule has 1 aliphatic rings. The van der Waals surface area contributed by atoms with Crippen molar-refractivity contribution < 1.29 is 0 Å². The molecule has 0 radical (unpaired) electrons. The van der Waals surface area contributed by atoms with Crippen LogP contribution in [0.5, 0.6) is 0 Å². The van der Waals surface area contributed by atoms with Crippen LogP contribution in [0.15, 0.2) is 36.5 Å². The minimum absolute atomic E-state index is 0. The molecule has 2 aromatic rings. The van der Waals surface area contributed by atoms with Crippen LogP contribution in [0.25, 0.3) is 10.9 Å². The third-order valence-corrected chi connectivity index (χ3v) is 3.07. The molecule has 0 atom stereocenters. The summed E-state index contributed by atoms with van der Waals surface area (Å²) in [5.74, 6) is 0. The van der Waals surface area contributed by atoms with Gasteiger partial charge in [-0.2, -0.15) is 0 Å². The summed E-state index contributed by atoms with van der Waals surface area (Å²) in [4.78, 5) is 6.85. The van der Waals surface area contributed by atoms with E-state index in [1.165, 1.54) is 37.0 Å². The summed E-state index contributed by atoms with van der Waals surface area (Å²) >= 11 is 0. The first kappa shape index (κ1) is 11.2. The van der Waals surface area contributed by atoms with Gasteiger partial charge in [0.25, 0.3) is 0 Å². The number of fused-ring (bicyclic) bond motifs is 1. The lowest BCUT2D eigenvalue weighted by atomic mass is 10.2. The molecule has 0 aliphatic carbocycles. The highest BCUT2D eigenvalue weighted by molar-refractivity contribution is 5.91. The maximum atomic E-state index is 4.39. The second-order valence-electron chi connectivity index (χ2n) is 4.04. The zero-order chi connectivity index (χ0) is 10.1. The predicted molar refractivity (Wildman–Crippen MR) is 70.4 cm³/mol. The molecule has 0 bridgehead atoms. The third kappa shape index (κ3) is 1.85. The number of pyridine rings is 1. The fourth-order valence-corrected chi connectivity index (χ4v) is 2.31. The van der Waals surface area contributed by atoms with Gasteiger partial charge in [0, 0.05) is 30.4 Å². The molecule has 84 valence electrons. The van der Waals surface area contributed by atoms with Gasteiger partial charge in [0.1, 0.15) is 0 Å². The number of halogens is 1. The Balaban J connectivity index is 0.000000963. The van der Waals surface area contributed by atoms with E-state index in [0.29, 0.717) is 0 Å². The highest BCUT2D eigenvalue weighted by Crippen LogP contribution is 2.27. The predicted octanol–water partition coefficient (Wildman–Crippen LogP) is 3.26. The molecule has 0 amide bonds.